The van der Waals surface area contributed by atoms with Gasteiger partial charge in [-0.15, -0.1) is 0 Å². The molecule has 0 saturated heterocycles. The van der Waals surface area contributed by atoms with Crippen LogP contribution in [0.3, 0.4) is 0 Å². The molecule has 0 spiro atoms. The molecule has 2 heterocycles. The summed E-state index contributed by atoms with van der Waals surface area (Å²) < 4.78 is 6.72. The minimum Gasteiger partial charge on any atom is -0.455 e. The third-order valence-electron chi connectivity index (χ3n) is 11.1. The summed E-state index contributed by atoms with van der Waals surface area (Å²) in [5.74, 6) is 1.84. The lowest BCUT2D eigenvalue weighted by Gasteiger charge is -2.12. The van der Waals surface area contributed by atoms with Crippen LogP contribution in [0.2, 0.25) is 0 Å². The first-order chi connectivity index (χ1) is 29.2. The molecule has 11 rings (SSSR count). The van der Waals surface area contributed by atoms with Gasteiger partial charge in [-0.2, -0.15) is 0 Å². The lowest BCUT2D eigenvalue weighted by atomic mass is 9.92. The Morgan fingerprint density at radius 3 is 1.47 bits per heavy atom. The Hall–Kier alpha value is -8.20. The molecular weight excluding hydrogens is 721 g/mol. The van der Waals surface area contributed by atoms with Crippen molar-refractivity contribution in [1.82, 2.24) is 15.0 Å². The highest BCUT2D eigenvalue weighted by molar-refractivity contribution is 6.30. The fourth-order valence-electron chi connectivity index (χ4n) is 8.23. The summed E-state index contributed by atoms with van der Waals surface area (Å²) in [6, 6.07) is 66.5. The molecule has 9 aromatic carbocycles. The SMILES string of the molecule is [C-]#[N+]c1cccc(-c2ccc3c4ccc(-c5cccc(-c6nc(-c7ccccc7)nc(-c7cccc(-c8ccccc8)c7)n6)c5)cc4c4oc5ccccc5c4c3c2)c1. The number of hydrogen-bond donors (Lipinski definition) is 0. The average Bonchev–Trinajstić information content (AvgIpc) is 3.72. The van der Waals surface area contributed by atoms with E-state index in [4.69, 9.17) is 25.9 Å². The van der Waals surface area contributed by atoms with Crippen molar-refractivity contribution < 1.29 is 4.42 Å². The summed E-state index contributed by atoms with van der Waals surface area (Å²) >= 11 is 0. The van der Waals surface area contributed by atoms with E-state index >= 15 is 0 Å². The summed E-state index contributed by atoms with van der Waals surface area (Å²) in [4.78, 5) is 18.8. The molecule has 0 aliphatic carbocycles. The first kappa shape index (κ1) is 34.1. The van der Waals surface area contributed by atoms with E-state index in [1.165, 1.54) is 0 Å². The fourth-order valence-corrected chi connectivity index (χ4v) is 8.23. The molecule has 0 amide bonds. The van der Waals surface area contributed by atoms with Gasteiger partial charge in [-0.05, 0) is 85.9 Å². The minimum atomic E-state index is 0.602. The molecule has 0 saturated carbocycles. The van der Waals surface area contributed by atoms with Crippen LogP contribution >= 0.6 is 0 Å². The van der Waals surface area contributed by atoms with Crippen LogP contribution in [0.1, 0.15) is 0 Å². The highest BCUT2D eigenvalue weighted by Crippen LogP contribution is 2.43. The van der Waals surface area contributed by atoms with Crippen LogP contribution in [-0.4, -0.2) is 15.0 Å². The smallest absolute Gasteiger partial charge is 0.187 e. The quantitative estimate of drug-likeness (QED) is 0.125. The van der Waals surface area contributed by atoms with Gasteiger partial charge in [-0.25, -0.2) is 19.8 Å². The average molecular weight is 753 g/mol. The van der Waals surface area contributed by atoms with Crippen molar-refractivity contribution in [3.05, 3.63) is 206 Å². The molecular formula is C54H32N4O. The molecule has 0 N–H and O–H groups in total. The Morgan fingerprint density at radius 2 is 0.814 bits per heavy atom. The summed E-state index contributed by atoms with van der Waals surface area (Å²) in [5, 5.41) is 6.57. The van der Waals surface area contributed by atoms with Crippen LogP contribution in [0, 0.1) is 6.57 Å². The topological polar surface area (TPSA) is 56.2 Å². The van der Waals surface area contributed by atoms with Gasteiger partial charge < -0.3 is 4.42 Å². The van der Waals surface area contributed by atoms with Crippen molar-refractivity contribution >= 4 is 49.2 Å². The van der Waals surface area contributed by atoms with Crippen LogP contribution in [0.15, 0.2) is 199 Å². The standard InChI is InChI=1S/C54H32N4O/c1-55-43-22-12-19-38(31-43)39-25-27-44-45-28-26-40(33-48(45)51-50(47(44)32-39)46-23-8-9-24-49(46)59-51)37-18-11-21-42(30-37)54-57-52(35-15-6-3-7-16-35)56-53(58-54)41-20-10-17-36(29-41)34-13-4-2-5-14-34/h2-33H. The second-order valence-corrected chi connectivity index (χ2v) is 14.7. The zero-order chi connectivity index (χ0) is 39.3. The molecule has 2 aromatic heterocycles. The van der Waals surface area contributed by atoms with Gasteiger partial charge in [0.1, 0.15) is 11.2 Å². The molecule has 11 aromatic rings. The maximum atomic E-state index is 7.55. The van der Waals surface area contributed by atoms with E-state index in [0.29, 0.717) is 23.2 Å². The molecule has 5 nitrogen and oxygen atoms in total. The molecule has 0 bridgehead atoms. The molecule has 0 aliphatic rings. The van der Waals surface area contributed by atoms with Crippen molar-refractivity contribution in [2.75, 3.05) is 0 Å². The summed E-state index contributed by atoms with van der Waals surface area (Å²) in [6.45, 7) is 7.55. The third-order valence-corrected chi connectivity index (χ3v) is 11.1. The van der Waals surface area contributed by atoms with Gasteiger partial charge in [0.2, 0.25) is 0 Å². The normalized spacial score (nSPS) is 11.4. The number of nitrogens with zero attached hydrogens (tertiary/aromatic N) is 4. The van der Waals surface area contributed by atoms with Crippen molar-refractivity contribution in [3.63, 3.8) is 0 Å². The molecule has 0 atom stereocenters. The number of hydrogen-bond acceptors (Lipinski definition) is 4. The predicted molar refractivity (Wildman–Crippen MR) is 241 cm³/mol. The number of aromatic nitrogens is 3. The van der Waals surface area contributed by atoms with Crippen molar-refractivity contribution in [1.29, 1.82) is 0 Å². The van der Waals surface area contributed by atoms with Crippen LogP contribution in [0.25, 0.3) is 116 Å². The Labute approximate surface area is 340 Å². The Bertz CT molecular complexity index is 3460. The molecule has 5 heteroatoms. The summed E-state index contributed by atoms with van der Waals surface area (Å²) in [6.07, 6.45) is 0. The van der Waals surface area contributed by atoms with Crippen molar-refractivity contribution in [2.45, 2.75) is 0 Å². The van der Waals surface area contributed by atoms with Crippen molar-refractivity contribution in [3.8, 4) is 67.5 Å². The lowest BCUT2D eigenvalue weighted by Crippen LogP contribution is -2.00. The highest BCUT2D eigenvalue weighted by Gasteiger charge is 2.18. The fraction of sp³-hybridized carbons (Fsp3) is 0. The lowest BCUT2D eigenvalue weighted by molar-refractivity contribution is 0.673. The third kappa shape index (κ3) is 6.08. The van der Waals surface area contributed by atoms with Gasteiger partial charge in [0, 0.05) is 32.8 Å². The van der Waals surface area contributed by atoms with E-state index in [1.54, 1.807) is 0 Å². The van der Waals surface area contributed by atoms with E-state index in [9.17, 15) is 0 Å². The number of furan rings is 1. The predicted octanol–water partition coefficient (Wildman–Crippen LogP) is 14.6. The van der Waals surface area contributed by atoms with Crippen LogP contribution in [0.4, 0.5) is 5.69 Å². The van der Waals surface area contributed by atoms with Gasteiger partial charge in [0.25, 0.3) is 0 Å². The van der Waals surface area contributed by atoms with E-state index in [1.807, 2.05) is 66.7 Å². The largest absolute Gasteiger partial charge is 0.455 e. The maximum absolute atomic E-state index is 7.55. The summed E-state index contributed by atoms with van der Waals surface area (Å²) in [7, 11) is 0. The Kier molecular flexibility index (Phi) is 8.13. The first-order valence-corrected chi connectivity index (χ1v) is 19.5. The van der Waals surface area contributed by atoms with Gasteiger partial charge in [0.05, 0.1) is 6.57 Å². The zero-order valence-electron chi connectivity index (χ0n) is 31.7. The van der Waals surface area contributed by atoms with Gasteiger partial charge in [0.15, 0.2) is 23.2 Å². The second kappa shape index (κ2) is 14.1. The number of para-hydroxylation sites is 1. The Balaban J connectivity index is 1.06. The van der Waals surface area contributed by atoms with E-state index < -0.39 is 0 Å². The zero-order valence-corrected chi connectivity index (χ0v) is 31.7. The molecule has 0 aliphatic heterocycles. The second-order valence-electron chi connectivity index (χ2n) is 14.7. The van der Waals surface area contributed by atoms with Crippen LogP contribution in [0.5, 0.6) is 0 Å². The van der Waals surface area contributed by atoms with Crippen LogP contribution < -0.4 is 0 Å². The summed E-state index contributed by atoms with van der Waals surface area (Å²) in [5.41, 5.74) is 11.5. The van der Waals surface area contributed by atoms with Gasteiger partial charge >= 0.3 is 0 Å². The van der Waals surface area contributed by atoms with Gasteiger partial charge in [-0.3, -0.25) is 0 Å². The number of benzene rings is 9. The van der Waals surface area contributed by atoms with E-state index in [0.717, 1.165) is 93.6 Å². The molecule has 274 valence electrons. The molecule has 0 fully saturated rings. The van der Waals surface area contributed by atoms with Gasteiger partial charge in [-0.1, -0.05) is 158 Å². The number of rotatable bonds is 6. The minimum absolute atomic E-state index is 0.602. The van der Waals surface area contributed by atoms with Crippen molar-refractivity contribution in [2.24, 2.45) is 0 Å². The monoisotopic (exact) mass is 752 g/mol. The molecule has 0 radical (unpaired) electrons. The molecule has 0 unspecified atom stereocenters. The molecule has 59 heavy (non-hydrogen) atoms. The maximum Gasteiger partial charge on any atom is 0.187 e. The number of fused-ring (bicyclic) bond motifs is 8. The van der Waals surface area contributed by atoms with Crippen LogP contribution in [-0.2, 0) is 0 Å². The highest BCUT2D eigenvalue weighted by atomic mass is 16.3. The first-order valence-electron chi connectivity index (χ1n) is 19.5. The Morgan fingerprint density at radius 1 is 0.339 bits per heavy atom. The van der Waals surface area contributed by atoms with E-state index in [2.05, 4.69) is 132 Å². The van der Waals surface area contributed by atoms with E-state index in [-0.39, 0.29) is 0 Å².